The Morgan fingerprint density at radius 1 is 1.03 bits per heavy atom. The third-order valence-electron chi connectivity index (χ3n) is 5.87. The standard InChI is InChI=1S/C25H24N4O2S/c1-17-11-13-18(14-12-17)21(30)16-32-25-26-23-22(20-10-6-3-7-15-28(20)25)24(31)29(27-23)19-8-4-2-5-9-19/h2,4-5,8-9,11-14H,3,6-7,10,15-16H2,1H3. The lowest BCUT2D eigenvalue weighted by Crippen LogP contribution is -2.19. The molecule has 3 aliphatic heterocycles. The summed E-state index contributed by atoms with van der Waals surface area (Å²) in [6, 6.07) is 17.1. The number of carbonyl (C=O) groups excluding carboxylic acids is 1. The Bertz CT molecular complexity index is 1290. The predicted octanol–water partition coefficient (Wildman–Crippen LogP) is 4.54. The van der Waals surface area contributed by atoms with E-state index in [2.05, 4.69) is 9.67 Å². The van der Waals surface area contributed by atoms with Crippen molar-refractivity contribution in [2.24, 2.45) is 0 Å². The van der Waals surface area contributed by atoms with Gasteiger partial charge in [-0.3, -0.25) is 9.59 Å². The molecular formula is C25H24N4O2S. The summed E-state index contributed by atoms with van der Waals surface area (Å²) in [7, 11) is 0. The predicted molar refractivity (Wildman–Crippen MR) is 126 cm³/mol. The van der Waals surface area contributed by atoms with Crippen LogP contribution in [-0.4, -0.2) is 30.9 Å². The fraction of sp³-hybridized carbons (Fsp3) is 0.280. The number of nitrogens with zero attached hydrogens (tertiary/aromatic N) is 4. The van der Waals surface area contributed by atoms with E-state index in [1.807, 2.05) is 61.5 Å². The Hall–Kier alpha value is -3.19. The molecule has 0 atom stereocenters. The molecule has 0 saturated heterocycles. The van der Waals surface area contributed by atoms with Crippen molar-refractivity contribution in [3.63, 3.8) is 0 Å². The van der Waals surface area contributed by atoms with Gasteiger partial charge < -0.3 is 4.57 Å². The van der Waals surface area contributed by atoms with Gasteiger partial charge in [0.05, 0.1) is 11.4 Å². The van der Waals surface area contributed by atoms with Crippen LogP contribution < -0.4 is 5.56 Å². The Morgan fingerprint density at radius 2 is 1.81 bits per heavy atom. The highest BCUT2D eigenvalue weighted by Crippen LogP contribution is 2.30. The average Bonchev–Trinajstić information content (AvgIpc) is 2.98. The topological polar surface area (TPSA) is 69.8 Å². The van der Waals surface area contributed by atoms with Crippen LogP contribution in [-0.2, 0) is 13.0 Å². The molecular weight excluding hydrogens is 420 g/mol. The van der Waals surface area contributed by atoms with Gasteiger partial charge in [0, 0.05) is 17.8 Å². The van der Waals surface area contributed by atoms with Crippen molar-refractivity contribution in [3.8, 4) is 17.1 Å². The lowest BCUT2D eigenvalue weighted by Gasteiger charge is -2.17. The van der Waals surface area contributed by atoms with E-state index in [-0.39, 0.29) is 11.3 Å². The number of rotatable bonds is 5. The monoisotopic (exact) mass is 444 g/mol. The molecule has 2 aromatic rings. The van der Waals surface area contributed by atoms with Crippen LogP contribution in [0, 0.1) is 6.92 Å². The van der Waals surface area contributed by atoms with Crippen LogP contribution in [0.25, 0.3) is 17.1 Å². The van der Waals surface area contributed by atoms with E-state index in [9.17, 15) is 9.59 Å². The van der Waals surface area contributed by atoms with Gasteiger partial charge in [-0.15, -0.1) is 5.10 Å². The van der Waals surface area contributed by atoms with Gasteiger partial charge in [-0.05, 0) is 38.3 Å². The van der Waals surface area contributed by atoms with Gasteiger partial charge in [0.1, 0.15) is 5.56 Å². The van der Waals surface area contributed by atoms with Crippen molar-refractivity contribution in [1.82, 2.24) is 19.3 Å². The van der Waals surface area contributed by atoms with Gasteiger partial charge in [0.2, 0.25) is 0 Å². The minimum Gasteiger partial charge on any atom is -0.324 e. The molecule has 0 amide bonds. The van der Waals surface area contributed by atoms with Crippen LogP contribution in [0.1, 0.15) is 40.9 Å². The lowest BCUT2D eigenvalue weighted by molar-refractivity contribution is 0.102. The third-order valence-corrected chi connectivity index (χ3v) is 6.85. The molecule has 0 aromatic heterocycles. The maximum atomic E-state index is 13.3. The number of hydrogen-bond acceptors (Lipinski definition) is 5. The summed E-state index contributed by atoms with van der Waals surface area (Å²) in [5.41, 5.74) is 4.03. The maximum absolute atomic E-state index is 13.3. The number of aromatic nitrogens is 4. The van der Waals surface area contributed by atoms with Crippen LogP contribution >= 0.6 is 11.8 Å². The zero-order valence-corrected chi connectivity index (χ0v) is 18.8. The Balaban J connectivity index is 1.55. The molecule has 0 fully saturated rings. The van der Waals surface area contributed by atoms with Gasteiger partial charge in [-0.25, -0.2) is 4.98 Å². The number of ketones is 1. The third kappa shape index (κ3) is 3.88. The zero-order chi connectivity index (χ0) is 22.1. The van der Waals surface area contributed by atoms with Gasteiger partial charge in [0.15, 0.2) is 16.8 Å². The molecule has 0 bridgehead atoms. The molecule has 3 heterocycles. The van der Waals surface area contributed by atoms with Crippen LogP contribution in [0.5, 0.6) is 0 Å². The van der Waals surface area contributed by atoms with Gasteiger partial charge in [-0.1, -0.05) is 66.2 Å². The second kappa shape index (κ2) is 8.74. The molecule has 5 rings (SSSR count). The number of fused-ring (bicyclic) bond motifs is 3. The van der Waals surface area contributed by atoms with Crippen molar-refractivity contribution in [1.29, 1.82) is 0 Å². The van der Waals surface area contributed by atoms with Crippen molar-refractivity contribution in [2.75, 3.05) is 5.75 Å². The fourth-order valence-corrected chi connectivity index (χ4v) is 5.10. The van der Waals surface area contributed by atoms with E-state index in [0.717, 1.165) is 54.3 Å². The lowest BCUT2D eigenvalue weighted by atomic mass is 10.1. The van der Waals surface area contributed by atoms with E-state index < -0.39 is 0 Å². The highest BCUT2D eigenvalue weighted by atomic mass is 32.2. The number of Topliss-reactive ketones (excluding diaryl/α,β-unsaturated/α-hetero) is 1. The summed E-state index contributed by atoms with van der Waals surface area (Å²) in [4.78, 5) is 30.8. The number of hydrogen-bond donors (Lipinski definition) is 0. The van der Waals surface area contributed by atoms with Crippen molar-refractivity contribution in [3.05, 3.63) is 81.8 Å². The summed E-state index contributed by atoms with van der Waals surface area (Å²) in [5, 5.41) is 5.32. The molecule has 6 nitrogen and oxygen atoms in total. The number of benzene rings is 2. The number of carbonyl (C=O) groups is 1. The smallest absolute Gasteiger partial charge is 0.284 e. The molecule has 0 saturated carbocycles. The first-order chi connectivity index (χ1) is 15.6. The summed E-state index contributed by atoms with van der Waals surface area (Å²) in [6.45, 7) is 2.81. The van der Waals surface area contributed by atoms with Gasteiger partial charge >= 0.3 is 0 Å². The molecule has 0 spiro atoms. The van der Waals surface area contributed by atoms with E-state index in [1.54, 1.807) is 0 Å². The molecule has 32 heavy (non-hydrogen) atoms. The van der Waals surface area contributed by atoms with Crippen LogP contribution in [0.15, 0.2) is 64.5 Å². The molecule has 2 aromatic carbocycles. The van der Waals surface area contributed by atoms with Crippen LogP contribution in [0.2, 0.25) is 0 Å². The zero-order valence-electron chi connectivity index (χ0n) is 18.0. The minimum absolute atomic E-state index is 0.0687. The molecule has 0 aliphatic carbocycles. The highest BCUT2D eigenvalue weighted by Gasteiger charge is 2.27. The Morgan fingerprint density at radius 3 is 2.59 bits per heavy atom. The molecule has 0 radical (unpaired) electrons. The maximum Gasteiger partial charge on any atom is 0.284 e. The molecule has 3 aliphatic rings. The first-order valence-corrected chi connectivity index (χ1v) is 11.9. The molecule has 162 valence electrons. The van der Waals surface area contributed by atoms with E-state index in [4.69, 9.17) is 4.98 Å². The summed E-state index contributed by atoms with van der Waals surface area (Å²) in [5.74, 6) is 0.821. The first-order valence-electron chi connectivity index (χ1n) is 10.9. The number of para-hydroxylation sites is 1. The SMILES string of the molecule is Cc1ccc(C(=O)CSc2nc3nn(-c4ccccc4)c(=O)c-3c3n2CCCCC3)cc1. The summed E-state index contributed by atoms with van der Waals surface area (Å²) < 4.78 is 3.58. The van der Waals surface area contributed by atoms with E-state index in [1.165, 1.54) is 16.4 Å². The van der Waals surface area contributed by atoms with Gasteiger partial charge in [-0.2, -0.15) is 4.68 Å². The van der Waals surface area contributed by atoms with Crippen molar-refractivity contribution in [2.45, 2.75) is 44.3 Å². The molecule has 0 unspecified atom stereocenters. The minimum atomic E-state index is -0.128. The van der Waals surface area contributed by atoms with Crippen molar-refractivity contribution < 1.29 is 4.79 Å². The van der Waals surface area contributed by atoms with Crippen molar-refractivity contribution >= 4 is 17.5 Å². The fourth-order valence-electron chi connectivity index (χ4n) is 4.16. The van der Waals surface area contributed by atoms with E-state index in [0.29, 0.717) is 22.7 Å². The Kier molecular flexibility index (Phi) is 5.66. The highest BCUT2D eigenvalue weighted by molar-refractivity contribution is 7.99. The first kappa shape index (κ1) is 20.7. The van der Waals surface area contributed by atoms with E-state index >= 15 is 0 Å². The molecule has 0 N–H and O–H groups in total. The largest absolute Gasteiger partial charge is 0.324 e. The number of aryl methyl sites for hydroxylation is 1. The van der Waals surface area contributed by atoms with Crippen LogP contribution in [0.4, 0.5) is 0 Å². The Labute approximate surface area is 190 Å². The second-order valence-corrected chi connectivity index (χ2v) is 9.07. The van der Waals surface area contributed by atoms with Gasteiger partial charge in [0.25, 0.3) is 5.56 Å². The average molecular weight is 445 g/mol. The summed E-state index contributed by atoms with van der Waals surface area (Å²) >= 11 is 1.43. The van der Waals surface area contributed by atoms with Crippen LogP contribution in [0.3, 0.4) is 0 Å². The summed E-state index contributed by atoms with van der Waals surface area (Å²) in [6.07, 6.45) is 3.98. The quantitative estimate of drug-likeness (QED) is 0.257. The molecule has 7 heteroatoms. The normalized spacial score (nSPS) is 13.7. The second-order valence-electron chi connectivity index (χ2n) is 8.13. The number of thioether (sulfide) groups is 1.